The predicted octanol–water partition coefficient (Wildman–Crippen LogP) is 2.38. The topological polar surface area (TPSA) is 55.3 Å². The van der Waals surface area contributed by atoms with Gasteiger partial charge in [-0.25, -0.2) is 4.98 Å². The van der Waals surface area contributed by atoms with E-state index in [9.17, 15) is 13.6 Å². The Hall–Kier alpha value is -2.57. The van der Waals surface area contributed by atoms with Gasteiger partial charge < -0.3 is 4.74 Å². The summed E-state index contributed by atoms with van der Waals surface area (Å²) in [4.78, 5) is 21.0. The number of nitrogens with zero attached hydrogens (tertiary/aromatic N) is 3. The van der Waals surface area contributed by atoms with E-state index in [4.69, 9.17) is 4.74 Å². The fraction of sp³-hybridized carbons (Fsp3) is 0.267. The lowest BCUT2D eigenvalue weighted by Crippen LogP contribution is -2.48. The zero-order valence-electron chi connectivity index (χ0n) is 11.7. The second-order valence-corrected chi connectivity index (χ2v) is 4.96. The highest BCUT2D eigenvalue weighted by atomic mass is 19.3. The van der Waals surface area contributed by atoms with Crippen molar-refractivity contribution in [3.63, 3.8) is 0 Å². The van der Waals surface area contributed by atoms with Gasteiger partial charge >= 0.3 is 11.8 Å². The molecule has 0 aromatic carbocycles. The molecule has 1 aliphatic heterocycles. The summed E-state index contributed by atoms with van der Waals surface area (Å²) < 4.78 is 34.3. The number of anilines is 1. The van der Waals surface area contributed by atoms with Crippen LogP contribution in [0.1, 0.15) is 12.6 Å². The Bertz CT molecular complexity index is 694. The van der Waals surface area contributed by atoms with Gasteiger partial charge in [-0.3, -0.25) is 14.7 Å². The lowest BCUT2D eigenvalue weighted by atomic mass is 10.1. The minimum Gasteiger partial charge on any atom is -0.471 e. The predicted molar refractivity (Wildman–Crippen MR) is 74.8 cm³/mol. The van der Waals surface area contributed by atoms with Crippen molar-refractivity contribution in [2.45, 2.75) is 19.0 Å². The van der Waals surface area contributed by atoms with Crippen molar-refractivity contribution in [1.29, 1.82) is 0 Å². The number of carbonyl (C=O) groups is 1. The summed E-state index contributed by atoms with van der Waals surface area (Å²) in [5, 5.41) is 0. The van der Waals surface area contributed by atoms with Crippen LogP contribution in [0.5, 0.6) is 5.88 Å². The molecule has 1 aliphatic rings. The highest BCUT2D eigenvalue weighted by molar-refractivity contribution is 6.00. The Morgan fingerprint density at radius 1 is 1.27 bits per heavy atom. The molecule has 5 nitrogen and oxygen atoms in total. The molecule has 3 rings (SSSR count). The fourth-order valence-corrected chi connectivity index (χ4v) is 2.28. The summed E-state index contributed by atoms with van der Waals surface area (Å²) >= 11 is 0. The number of carbonyl (C=O) groups excluding carboxylic acids is 1. The lowest BCUT2D eigenvalue weighted by molar-refractivity contribution is -0.145. The summed E-state index contributed by atoms with van der Waals surface area (Å²) in [5.41, 5.74) is -0.342. The van der Waals surface area contributed by atoms with Crippen molar-refractivity contribution in [3.8, 4) is 5.88 Å². The van der Waals surface area contributed by atoms with Crippen LogP contribution < -0.4 is 9.64 Å². The largest absolute Gasteiger partial charge is 0.471 e. The van der Waals surface area contributed by atoms with Gasteiger partial charge in [-0.05, 0) is 31.2 Å². The smallest absolute Gasteiger partial charge is 0.366 e. The standard InChI is InChI=1S/C15H13F2N3O2/c1-10-9-20(11-5-4-8-19-13(11)22-10)14(21)15(16,17)12-6-2-3-7-18-12/h2-8,10H,9H2,1H3/t10-/m0/s1. The molecule has 0 saturated carbocycles. The summed E-state index contributed by atoms with van der Waals surface area (Å²) in [6.45, 7) is 1.72. The van der Waals surface area contributed by atoms with E-state index in [2.05, 4.69) is 9.97 Å². The van der Waals surface area contributed by atoms with E-state index in [-0.39, 0.29) is 18.1 Å². The Kier molecular flexibility index (Phi) is 3.48. The van der Waals surface area contributed by atoms with E-state index in [1.807, 2.05) is 0 Å². The molecule has 3 heterocycles. The van der Waals surface area contributed by atoms with Gasteiger partial charge in [0.2, 0.25) is 5.88 Å². The van der Waals surface area contributed by atoms with E-state index < -0.39 is 23.6 Å². The molecular formula is C15H13F2N3O2. The first-order valence-electron chi connectivity index (χ1n) is 6.73. The molecule has 0 spiro atoms. The van der Waals surface area contributed by atoms with Crippen LogP contribution in [0.3, 0.4) is 0 Å². The molecule has 0 aliphatic carbocycles. The summed E-state index contributed by atoms with van der Waals surface area (Å²) in [7, 11) is 0. The number of pyridine rings is 2. The number of halogens is 2. The number of alkyl halides is 2. The molecule has 0 saturated heterocycles. The van der Waals surface area contributed by atoms with Crippen LogP contribution >= 0.6 is 0 Å². The normalized spacial score (nSPS) is 17.6. The van der Waals surface area contributed by atoms with Crippen molar-refractivity contribution in [1.82, 2.24) is 9.97 Å². The van der Waals surface area contributed by atoms with Gasteiger partial charge in [-0.2, -0.15) is 8.78 Å². The number of aromatic nitrogens is 2. The van der Waals surface area contributed by atoms with Crippen molar-refractivity contribution >= 4 is 11.6 Å². The zero-order chi connectivity index (χ0) is 15.7. The first-order valence-corrected chi connectivity index (χ1v) is 6.73. The molecule has 1 amide bonds. The summed E-state index contributed by atoms with van der Waals surface area (Å²) in [6, 6.07) is 7.16. The third-order valence-electron chi connectivity index (χ3n) is 3.29. The second-order valence-electron chi connectivity index (χ2n) is 4.96. The molecule has 1 atom stereocenters. The van der Waals surface area contributed by atoms with Crippen molar-refractivity contribution < 1.29 is 18.3 Å². The molecule has 0 bridgehead atoms. The molecule has 0 unspecified atom stereocenters. The van der Waals surface area contributed by atoms with Crippen molar-refractivity contribution in [2.75, 3.05) is 11.4 Å². The average molecular weight is 305 g/mol. The lowest BCUT2D eigenvalue weighted by Gasteiger charge is -2.34. The third-order valence-corrected chi connectivity index (χ3v) is 3.29. The average Bonchev–Trinajstić information content (AvgIpc) is 2.54. The molecule has 0 fully saturated rings. The van der Waals surface area contributed by atoms with Gasteiger partial charge in [0, 0.05) is 12.4 Å². The highest BCUT2D eigenvalue weighted by Crippen LogP contribution is 2.36. The quantitative estimate of drug-likeness (QED) is 0.855. The van der Waals surface area contributed by atoms with E-state index >= 15 is 0 Å². The molecule has 2 aromatic heterocycles. The first-order chi connectivity index (χ1) is 10.5. The maximum atomic E-state index is 14.4. The fourth-order valence-electron chi connectivity index (χ4n) is 2.28. The number of ether oxygens (including phenoxy) is 1. The van der Waals surface area contributed by atoms with Crippen LogP contribution in [0.25, 0.3) is 0 Å². The monoisotopic (exact) mass is 305 g/mol. The van der Waals surface area contributed by atoms with Crippen LogP contribution in [0.4, 0.5) is 14.5 Å². The summed E-state index contributed by atoms with van der Waals surface area (Å²) in [5.74, 6) is -4.88. The molecule has 114 valence electrons. The van der Waals surface area contributed by atoms with Gasteiger partial charge in [0.05, 0.1) is 6.54 Å². The molecule has 0 radical (unpaired) electrons. The number of hydrogen-bond acceptors (Lipinski definition) is 4. The van der Waals surface area contributed by atoms with Crippen LogP contribution in [0.2, 0.25) is 0 Å². The van der Waals surface area contributed by atoms with Gasteiger partial charge in [0.25, 0.3) is 0 Å². The minimum absolute atomic E-state index is 0.0277. The zero-order valence-corrected chi connectivity index (χ0v) is 11.7. The van der Waals surface area contributed by atoms with Gasteiger partial charge in [-0.15, -0.1) is 0 Å². The number of rotatable bonds is 2. The maximum absolute atomic E-state index is 14.4. The SMILES string of the molecule is C[C@H]1CN(C(=O)C(F)(F)c2ccccn2)c2cccnc2O1. The molecular weight excluding hydrogens is 292 g/mol. The Morgan fingerprint density at radius 2 is 2.05 bits per heavy atom. The Labute approximate surface area is 125 Å². The molecule has 22 heavy (non-hydrogen) atoms. The Balaban J connectivity index is 1.99. The summed E-state index contributed by atoms with van der Waals surface area (Å²) in [6.07, 6.45) is 2.29. The number of fused-ring (bicyclic) bond motifs is 1. The van der Waals surface area contributed by atoms with Crippen molar-refractivity contribution in [3.05, 3.63) is 48.4 Å². The molecule has 7 heteroatoms. The molecule has 2 aromatic rings. The van der Waals surface area contributed by atoms with Gasteiger partial charge in [0.15, 0.2) is 0 Å². The first kappa shape index (κ1) is 14.4. The van der Waals surface area contributed by atoms with Crippen LogP contribution in [-0.4, -0.2) is 28.5 Å². The van der Waals surface area contributed by atoms with Gasteiger partial charge in [-0.1, -0.05) is 6.07 Å². The maximum Gasteiger partial charge on any atom is 0.366 e. The van der Waals surface area contributed by atoms with E-state index in [0.29, 0.717) is 0 Å². The highest BCUT2D eigenvalue weighted by Gasteiger charge is 2.47. The second kappa shape index (κ2) is 5.32. The van der Waals surface area contributed by atoms with Crippen molar-refractivity contribution in [2.24, 2.45) is 0 Å². The van der Waals surface area contributed by atoms with Gasteiger partial charge in [0.1, 0.15) is 17.5 Å². The number of hydrogen-bond donors (Lipinski definition) is 0. The van der Waals surface area contributed by atoms with Crippen LogP contribution in [-0.2, 0) is 10.7 Å². The van der Waals surface area contributed by atoms with Crippen LogP contribution in [0, 0.1) is 0 Å². The third kappa shape index (κ3) is 2.38. The van der Waals surface area contributed by atoms with E-state index in [1.54, 1.807) is 13.0 Å². The molecule has 0 N–H and O–H groups in total. The number of amides is 1. The Morgan fingerprint density at radius 3 is 2.77 bits per heavy atom. The van der Waals surface area contributed by atoms with E-state index in [1.165, 1.54) is 30.6 Å². The minimum atomic E-state index is -3.72. The van der Waals surface area contributed by atoms with E-state index in [0.717, 1.165) is 11.0 Å². The van der Waals surface area contributed by atoms with Crippen LogP contribution in [0.15, 0.2) is 42.7 Å².